The first-order valence-corrected chi connectivity index (χ1v) is 9.17. The lowest BCUT2D eigenvalue weighted by Gasteiger charge is -2.41. The fraction of sp³-hybridized carbons (Fsp3) is 0.625. The SMILES string of the molecule is COc1cccc([C@@]2(O)CCCC[C@@H]2CN(C)C)c1.O=S(=O)(O)O. The van der Waals surface area contributed by atoms with Gasteiger partial charge < -0.3 is 14.7 Å². The van der Waals surface area contributed by atoms with E-state index in [2.05, 4.69) is 19.0 Å². The number of ether oxygens (including phenoxy) is 1. The van der Waals surface area contributed by atoms with Crippen LogP contribution < -0.4 is 4.74 Å². The molecule has 8 heteroatoms. The van der Waals surface area contributed by atoms with Crippen LogP contribution in [0.4, 0.5) is 0 Å². The van der Waals surface area contributed by atoms with E-state index in [1.165, 1.54) is 6.42 Å². The fourth-order valence-corrected chi connectivity index (χ4v) is 3.18. The third kappa shape index (κ3) is 6.74. The van der Waals surface area contributed by atoms with Crippen molar-refractivity contribution in [1.29, 1.82) is 0 Å². The van der Waals surface area contributed by atoms with Crippen molar-refractivity contribution in [3.63, 3.8) is 0 Å². The maximum absolute atomic E-state index is 11.2. The minimum absolute atomic E-state index is 0.295. The Labute approximate surface area is 143 Å². The molecule has 1 fully saturated rings. The number of hydrogen-bond donors (Lipinski definition) is 3. The molecule has 0 saturated heterocycles. The van der Waals surface area contributed by atoms with Crippen molar-refractivity contribution in [2.24, 2.45) is 5.92 Å². The molecule has 0 radical (unpaired) electrons. The standard InChI is InChI=1S/C16H25NO2.H2O4S/c1-17(2)12-14-7-4-5-10-16(14,18)13-8-6-9-15(11-13)19-3;1-5(2,3)4/h6,8-9,11,14,18H,4-5,7,10,12H2,1-3H3;(H2,1,2,3,4)/t14-,16+;/m1./s1. The number of nitrogens with zero attached hydrogens (tertiary/aromatic N) is 1. The van der Waals surface area contributed by atoms with Gasteiger partial charge in [-0.1, -0.05) is 25.0 Å². The molecule has 0 heterocycles. The van der Waals surface area contributed by atoms with Crippen LogP contribution in [0.3, 0.4) is 0 Å². The van der Waals surface area contributed by atoms with Gasteiger partial charge in [0.2, 0.25) is 0 Å². The Kier molecular flexibility index (Phi) is 7.62. The first-order valence-electron chi connectivity index (χ1n) is 7.78. The van der Waals surface area contributed by atoms with Crippen LogP contribution in [0.15, 0.2) is 24.3 Å². The monoisotopic (exact) mass is 361 g/mol. The van der Waals surface area contributed by atoms with Crippen LogP contribution in [0.25, 0.3) is 0 Å². The van der Waals surface area contributed by atoms with Gasteiger partial charge in [0.15, 0.2) is 0 Å². The molecule has 1 aromatic rings. The Hall–Kier alpha value is -1.19. The highest BCUT2D eigenvalue weighted by Crippen LogP contribution is 2.42. The van der Waals surface area contributed by atoms with E-state index in [1.807, 2.05) is 24.3 Å². The summed E-state index contributed by atoms with van der Waals surface area (Å²) in [4.78, 5) is 2.17. The maximum atomic E-state index is 11.2. The molecule has 0 unspecified atom stereocenters. The minimum atomic E-state index is -4.67. The maximum Gasteiger partial charge on any atom is 0.394 e. The van der Waals surface area contributed by atoms with Gasteiger partial charge in [-0.05, 0) is 44.6 Å². The van der Waals surface area contributed by atoms with E-state index in [4.69, 9.17) is 22.3 Å². The number of hydrogen-bond acceptors (Lipinski definition) is 5. The van der Waals surface area contributed by atoms with Gasteiger partial charge in [-0.25, -0.2) is 0 Å². The van der Waals surface area contributed by atoms with Crippen molar-refractivity contribution >= 4 is 10.4 Å². The summed E-state index contributed by atoms with van der Waals surface area (Å²) in [7, 11) is 1.14. The molecule has 0 aromatic heterocycles. The van der Waals surface area contributed by atoms with Crippen molar-refractivity contribution in [2.45, 2.75) is 31.3 Å². The van der Waals surface area contributed by atoms with Crippen molar-refractivity contribution in [2.75, 3.05) is 27.7 Å². The molecule has 0 bridgehead atoms. The highest BCUT2D eigenvalue weighted by molar-refractivity contribution is 7.79. The molecule has 2 rings (SSSR count). The zero-order chi connectivity index (χ0) is 18.4. The topological polar surface area (TPSA) is 107 Å². The molecule has 1 aliphatic carbocycles. The van der Waals surface area contributed by atoms with Crippen LogP contribution in [0.1, 0.15) is 31.2 Å². The van der Waals surface area contributed by atoms with E-state index in [0.717, 1.165) is 37.1 Å². The summed E-state index contributed by atoms with van der Waals surface area (Å²) in [6.45, 7) is 0.924. The second-order valence-corrected chi connectivity index (χ2v) is 7.20. The van der Waals surface area contributed by atoms with Gasteiger partial charge in [-0.3, -0.25) is 9.11 Å². The Morgan fingerprint density at radius 3 is 2.46 bits per heavy atom. The molecule has 0 amide bonds. The van der Waals surface area contributed by atoms with Crippen LogP contribution in [0.2, 0.25) is 0 Å². The van der Waals surface area contributed by atoms with Gasteiger partial charge in [0.05, 0.1) is 12.7 Å². The first-order chi connectivity index (χ1) is 11.1. The van der Waals surface area contributed by atoms with E-state index >= 15 is 0 Å². The average Bonchev–Trinajstić information content (AvgIpc) is 2.48. The zero-order valence-corrected chi connectivity index (χ0v) is 15.2. The zero-order valence-electron chi connectivity index (χ0n) is 14.3. The number of benzene rings is 1. The van der Waals surface area contributed by atoms with E-state index in [9.17, 15) is 5.11 Å². The van der Waals surface area contributed by atoms with Crippen LogP contribution >= 0.6 is 0 Å². The van der Waals surface area contributed by atoms with Crippen molar-refractivity contribution in [3.8, 4) is 5.75 Å². The van der Waals surface area contributed by atoms with Gasteiger partial charge in [-0.2, -0.15) is 8.42 Å². The summed E-state index contributed by atoms with van der Waals surface area (Å²) in [6.07, 6.45) is 4.24. The lowest BCUT2D eigenvalue weighted by molar-refractivity contribution is -0.0619. The third-order valence-corrected chi connectivity index (χ3v) is 4.19. The second-order valence-electron chi connectivity index (χ2n) is 6.31. The predicted molar refractivity (Wildman–Crippen MR) is 91.6 cm³/mol. The highest BCUT2D eigenvalue weighted by Gasteiger charge is 2.40. The number of aliphatic hydroxyl groups is 1. The fourth-order valence-electron chi connectivity index (χ4n) is 3.18. The van der Waals surface area contributed by atoms with E-state index < -0.39 is 16.0 Å². The van der Waals surface area contributed by atoms with Crippen LogP contribution in [0, 0.1) is 5.92 Å². The van der Waals surface area contributed by atoms with Gasteiger partial charge in [0.1, 0.15) is 5.75 Å². The lowest BCUT2D eigenvalue weighted by Crippen LogP contribution is -2.43. The molecule has 3 N–H and O–H groups in total. The molecule has 7 nitrogen and oxygen atoms in total. The molecule has 1 aromatic carbocycles. The summed E-state index contributed by atoms with van der Waals surface area (Å²) in [5, 5.41) is 11.2. The quantitative estimate of drug-likeness (QED) is 0.704. The van der Waals surface area contributed by atoms with E-state index in [0.29, 0.717) is 5.92 Å². The predicted octanol–water partition coefficient (Wildman–Crippen LogP) is 1.98. The van der Waals surface area contributed by atoms with E-state index in [1.54, 1.807) is 7.11 Å². The van der Waals surface area contributed by atoms with Crippen molar-refractivity contribution < 1.29 is 27.4 Å². The Balaban J connectivity index is 0.000000505. The summed E-state index contributed by atoms with van der Waals surface area (Å²) >= 11 is 0. The highest BCUT2D eigenvalue weighted by atomic mass is 32.3. The van der Waals surface area contributed by atoms with Gasteiger partial charge in [0.25, 0.3) is 0 Å². The molecule has 24 heavy (non-hydrogen) atoms. The third-order valence-electron chi connectivity index (χ3n) is 4.19. The molecule has 2 atom stereocenters. The Morgan fingerprint density at radius 1 is 1.29 bits per heavy atom. The summed E-state index contributed by atoms with van der Waals surface area (Å²) in [5.74, 6) is 1.11. The molecule has 0 spiro atoms. The van der Waals surface area contributed by atoms with Crippen LogP contribution in [-0.4, -0.2) is 55.3 Å². The molecule has 1 aliphatic rings. The largest absolute Gasteiger partial charge is 0.497 e. The van der Waals surface area contributed by atoms with Crippen LogP contribution in [0.5, 0.6) is 5.75 Å². The number of methoxy groups -OCH3 is 1. The first kappa shape index (κ1) is 20.9. The normalized spacial score (nSPS) is 24.2. The number of rotatable bonds is 4. The molecule has 0 aliphatic heterocycles. The van der Waals surface area contributed by atoms with Crippen LogP contribution in [-0.2, 0) is 16.0 Å². The van der Waals surface area contributed by atoms with Crippen molar-refractivity contribution in [3.05, 3.63) is 29.8 Å². The molecule has 138 valence electrons. The Morgan fingerprint density at radius 2 is 1.92 bits per heavy atom. The summed E-state index contributed by atoms with van der Waals surface area (Å²) in [5.41, 5.74) is 0.287. The van der Waals surface area contributed by atoms with Gasteiger partial charge in [-0.15, -0.1) is 0 Å². The van der Waals surface area contributed by atoms with E-state index in [-0.39, 0.29) is 0 Å². The average molecular weight is 361 g/mol. The summed E-state index contributed by atoms with van der Waals surface area (Å²) < 4.78 is 36.9. The minimum Gasteiger partial charge on any atom is -0.497 e. The smallest absolute Gasteiger partial charge is 0.394 e. The lowest BCUT2D eigenvalue weighted by atomic mass is 9.71. The Bertz CT molecular complexity index is 611. The second kappa shape index (κ2) is 8.77. The molecular weight excluding hydrogens is 334 g/mol. The molecular formula is C16H27NO6S. The molecule has 1 saturated carbocycles. The summed E-state index contributed by atoms with van der Waals surface area (Å²) in [6, 6.07) is 7.90. The van der Waals surface area contributed by atoms with Crippen molar-refractivity contribution in [1.82, 2.24) is 4.90 Å². The van der Waals surface area contributed by atoms with Gasteiger partial charge >= 0.3 is 10.4 Å². The van der Waals surface area contributed by atoms with Gasteiger partial charge in [0, 0.05) is 12.5 Å².